The quantitative estimate of drug-likeness (QED) is 0.928. The van der Waals surface area contributed by atoms with E-state index < -0.39 is 18.3 Å². The Kier molecular flexibility index (Phi) is 5.24. The zero-order valence-corrected chi connectivity index (χ0v) is 14.5. The van der Waals surface area contributed by atoms with Gasteiger partial charge in [-0.25, -0.2) is 4.79 Å². The third-order valence-electron chi connectivity index (χ3n) is 4.18. The van der Waals surface area contributed by atoms with E-state index in [-0.39, 0.29) is 13.2 Å². The standard InChI is InChI=1S/C20H23NO4/c1-14-8-15(2)10-17(9-14)25-19-12-21(11-18(19)22)20(23)24-13-16-6-4-3-5-7-16/h3-10,18-19,22H,11-13H2,1-2H3/t18-,19-/m0/s1. The predicted octanol–water partition coefficient (Wildman–Crippen LogP) is 3.06. The second-order valence-corrected chi connectivity index (χ2v) is 6.49. The topological polar surface area (TPSA) is 59.0 Å². The van der Waals surface area contributed by atoms with Gasteiger partial charge in [0.15, 0.2) is 0 Å². The Morgan fingerprint density at radius 3 is 2.48 bits per heavy atom. The van der Waals surface area contributed by atoms with Crippen molar-refractivity contribution in [3.63, 3.8) is 0 Å². The zero-order chi connectivity index (χ0) is 17.8. The van der Waals surface area contributed by atoms with Gasteiger partial charge in [0.25, 0.3) is 0 Å². The van der Waals surface area contributed by atoms with Gasteiger partial charge in [0.1, 0.15) is 24.6 Å². The number of rotatable bonds is 4. The summed E-state index contributed by atoms with van der Waals surface area (Å²) in [6, 6.07) is 15.4. The molecule has 5 heteroatoms. The minimum Gasteiger partial charge on any atom is -0.486 e. The summed E-state index contributed by atoms with van der Waals surface area (Å²) in [7, 11) is 0. The first kappa shape index (κ1) is 17.3. The molecule has 0 unspecified atom stereocenters. The van der Waals surface area contributed by atoms with Crippen LogP contribution in [-0.2, 0) is 11.3 Å². The summed E-state index contributed by atoms with van der Waals surface area (Å²) in [5.74, 6) is 0.709. The monoisotopic (exact) mass is 341 g/mol. The summed E-state index contributed by atoms with van der Waals surface area (Å²) in [6.45, 7) is 4.73. The highest BCUT2D eigenvalue weighted by Gasteiger charge is 2.36. The Labute approximate surface area is 147 Å². The van der Waals surface area contributed by atoms with Gasteiger partial charge in [-0.2, -0.15) is 0 Å². The number of β-amino-alcohol motifs (C(OH)–C–C–N with tert-alkyl or cyclic N) is 1. The third kappa shape index (κ3) is 4.51. The lowest BCUT2D eigenvalue weighted by Crippen LogP contribution is -2.31. The number of likely N-dealkylation sites (tertiary alicyclic amines) is 1. The molecule has 1 amide bonds. The third-order valence-corrected chi connectivity index (χ3v) is 4.18. The van der Waals surface area contributed by atoms with E-state index in [1.807, 2.05) is 56.3 Å². The van der Waals surface area contributed by atoms with Crippen LogP contribution in [0.25, 0.3) is 0 Å². The smallest absolute Gasteiger partial charge is 0.410 e. The molecule has 0 aliphatic carbocycles. The van der Waals surface area contributed by atoms with Crippen LogP contribution in [0.1, 0.15) is 16.7 Å². The molecule has 1 saturated heterocycles. The number of aliphatic hydroxyl groups is 1. The number of aryl methyl sites for hydroxylation is 2. The van der Waals surface area contributed by atoms with E-state index in [2.05, 4.69) is 6.07 Å². The summed E-state index contributed by atoms with van der Waals surface area (Å²) in [5, 5.41) is 10.2. The molecule has 5 nitrogen and oxygen atoms in total. The molecule has 0 aromatic heterocycles. The molecule has 0 radical (unpaired) electrons. The van der Waals surface area contributed by atoms with Crippen LogP contribution < -0.4 is 4.74 Å². The fourth-order valence-corrected chi connectivity index (χ4v) is 3.01. The van der Waals surface area contributed by atoms with E-state index in [0.29, 0.717) is 12.3 Å². The number of benzene rings is 2. The van der Waals surface area contributed by atoms with E-state index >= 15 is 0 Å². The number of carbonyl (C=O) groups is 1. The van der Waals surface area contributed by atoms with Crippen molar-refractivity contribution < 1.29 is 19.4 Å². The van der Waals surface area contributed by atoms with Crippen LogP contribution in [0.2, 0.25) is 0 Å². The van der Waals surface area contributed by atoms with Gasteiger partial charge in [-0.3, -0.25) is 0 Å². The number of aliphatic hydroxyl groups excluding tert-OH is 1. The molecule has 1 N–H and O–H groups in total. The van der Waals surface area contributed by atoms with Crippen molar-refractivity contribution in [1.82, 2.24) is 4.90 Å². The number of ether oxygens (including phenoxy) is 2. The lowest BCUT2D eigenvalue weighted by Gasteiger charge is -2.18. The van der Waals surface area contributed by atoms with Crippen LogP contribution in [0.3, 0.4) is 0 Å². The number of hydrogen-bond acceptors (Lipinski definition) is 4. The largest absolute Gasteiger partial charge is 0.486 e. The second kappa shape index (κ2) is 7.57. The molecule has 1 fully saturated rings. The van der Waals surface area contributed by atoms with Crippen LogP contribution in [0.15, 0.2) is 48.5 Å². The normalized spacial score (nSPS) is 19.7. The maximum absolute atomic E-state index is 12.2. The van der Waals surface area contributed by atoms with Gasteiger partial charge in [0.2, 0.25) is 0 Å². The lowest BCUT2D eigenvalue weighted by atomic mass is 10.1. The van der Waals surface area contributed by atoms with Crippen LogP contribution in [0, 0.1) is 13.8 Å². The first-order valence-electron chi connectivity index (χ1n) is 8.40. The highest BCUT2D eigenvalue weighted by atomic mass is 16.6. The highest BCUT2D eigenvalue weighted by Crippen LogP contribution is 2.22. The molecule has 1 heterocycles. The Bertz CT molecular complexity index is 711. The lowest BCUT2D eigenvalue weighted by molar-refractivity contribution is 0.0734. The Morgan fingerprint density at radius 2 is 1.80 bits per heavy atom. The summed E-state index contributed by atoms with van der Waals surface area (Å²) in [6.07, 6.45) is -1.62. The molecular formula is C20H23NO4. The van der Waals surface area contributed by atoms with Crippen LogP contribution in [-0.4, -0.2) is 41.4 Å². The summed E-state index contributed by atoms with van der Waals surface area (Å²) >= 11 is 0. The number of nitrogens with zero attached hydrogens (tertiary/aromatic N) is 1. The van der Waals surface area contributed by atoms with E-state index in [1.54, 1.807) is 0 Å². The molecule has 2 atom stereocenters. The molecule has 1 aliphatic rings. The minimum atomic E-state index is -0.731. The molecule has 2 aromatic carbocycles. The maximum Gasteiger partial charge on any atom is 0.410 e. The van der Waals surface area contributed by atoms with Crippen molar-refractivity contribution in [2.75, 3.05) is 13.1 Å². The molecule has 1 aliphatic heterocycles. The van der Waals surface area contributed by atoms with Gasteiger partial charge in [0, 0.05) is 0 Å². The fourth-order valence-electron chi connectivity index (χ4n) is 3.01. The summed E-state index contributed by atoms with van der Waals surface area (Å²) in [5.41, 5.74) is 3.13. The summed E-state index contributed by atoms with van der Waals surface area (Å²) in [4.78, 5) is 13.7. The average Bonchev–Trinajstić information content (AvgIpc) is 2.93. The van der Waals surface area contributed by atoms with Crippen molar-refractivity contribution >= 4 is 6.09 Å². The van der Waals surface area contributed by atoms with Crippen molar-refractivity contribution in [1.29, 1.82) is 0 Å². The van der Waals surface area contributed by atoms with E-state index in [1.165, 1.54) is 4.90 Å². The first-order chi connectivity index (χ1) is 12.0. The SMILES string of the molecule is Cc1cc(C)cc(O[C@H]2CN(C(=O)OCc3ccccc3)C[C@@H]2O)c1. The van der Waals surface area contributed by atoms with Gasteiger partial charge < -0.3 is 19.5 Å². The predicted molar refractivity (Wildman–Crippen MR) is 94.5 cm³/mol. The number of hydrogen-bond donors (Lipinski definition) is 1. The molecule has 0 saturated carbocycles. The Morgan fingerprint density at radius 1 is 1.12 bits per heavy atom. The molecule has 0 bridgehead atoms. The molecule has 0 spiro atoms. The summed E-state index contributed by atoms with van der Waals surface area (Å²) < 4.78 is 11.2. The van der Waals surface area contributed by atoms with E-state index in [0.717, 1.165) is 16.7 Å². The number of carbonyl (C=O) groups excluding carboxylic acids is 1. The Hall–Kier alpha value is -2.53. The van der Waals surface area contributed by atoms with E-state index in [4.69, 9.17) is 9.47 Å². The zero-order valence-electron chi connectivity index (χ0n) is 14.5. The molecule has 3 rings (SSSR count). The average molecular weight is 341 g/mol. The van der Waals surface area contributed by atoms with Crippen molar-refractivity contribution in [2.24, 2.45) is 0 Å². The Balaban J connectivity index is 1.56. The molecule has 2 aromatic rings. The highest BCUT2D eigenvalue weighted by molar-refractivity contribution is 5.68. The molecule has 25 heavy (non-hydrogen) atoms. The van der Waals surface area contributed by atoms with Crippen molar-refractivity contribution in [3.8, 4) is 5.75 Å². The van der Waals surface area contributed by atoms with Crippen LogP contribution >= 0.6 is 0 Å². The van der Waals surface area contributed by atoms with Crippen LogP contribution in [0.5, 0.6) is 5.75 Å². The molecular weight excluding hydrogens is 318 g/mol. The van der Waals surface area contributed by atoms with Crippen LogP contribution in [0.4, 0.5) is 4.79 Å². The molecule has 132 valence electrons. The first-order valence-corrected chi connectivity index (χ1v) is 8.40. The van der Waals surface area contributed by atoms with Gasteiger partial charge in [-0.05, 0) is 42.7 Å². The maximum atomic E-state index is 12.2. The van der Waals surface area contributed by atoms with Gasteiger partial charge in [-0.1, -0.05) is 36.4 Å². The van der Waals surface area contributed by atoms with Gasteiger partial charge in [0.05, 0.1) is 13.1 Å². The van der Waals surface area contributed by atoms with E-state index in [9.17, 15) is 9.90 Å². The van der Waals surface area contributed by atoms with Crippen molar-refractivity contribution in [2.45, 2.75) is 32.7 Å². The van der Waals surface area contributed by atoms with Crippen molar-refractivity contribution in [3.05, 3.63) is 65.2 Å². The second-order valence-electron chi connectivity index (χ2n) is 6.49. The van der Waals surface area contributed by atoms with Gasteiger partial charge >= 0.3 is 6.09 Å². The van der Waals surface area contributed by atoms with Gasteiger partial charge in [-0.15, -0.1) is 0 Å². The number of amides is 1. The fraction of sp³-hybridized carbons (Fsp3) is 0.350. The minimum absolute atomic E-state index is 0.211.